The molecule has 0 atom stereocenters. The number of hydrogen-bond donors (Lipinski definition) is 2. The number of aryl methyl sites for hydroxylation is 3. The molecule has 0 saturated carbocycles. The van der Waals surface area contributed by atoms with Crippen LogP contribution in [-0.4, -0.2) is 40.3 Å². The van der Waals surface area contributed by atoms with Crippen molar-refractivity contribution < 1.29 is 22.7 Å². The van der Waals surface area contributed by atoms with Crippen LogP contribution in [0.2, 0.25) is 0 Å². The van der Waals surface area contributed by atoms with E-state index in [9.17, 15) is 18.0 Å². The molecule has 0 aliphatic rings. The maximum absolute atomic E-state index is 12.6. The van der Waals surface area contributed by atoms with Gasteiger partial charge in [-0.1, -0.05) is 29.8 Å². The summed E-state index contributed by atoms with van der Waals surface area (Å²) < 4.78 is 32.8. The number of carbonyl (C=O) groups excluding carboxylic acids is 2. The lowest BCUT2D eigenvalue weighted by Crippen LogP contribution is -2.35. The fourth-order valence-corrected chi connectivity index (χ4v) is 4.06. The van der Waals surface area contributed by atoms with Crippen LogP contribution in [0.4, 0.5) is 0 Å². The van der Waals surface area contributed by atoms with Gasteiger partial charge in [-0.15, -0.1) is 0 Å². The zero-order valence-corrected chi connectivity index (χ0v) is 18.6. The highest BCUT2D eigenvalue weighted by molar-refractivity contribution is 7.89. The van der Waals surface area contributed by atoms with E-state index in [4.69, 9.17) is 4.74 Å². The number of benzene rings is 2. The van der Waals surface area contributed by atoms with Gasteiger partial charge in [-0.3, -0.25) is 9.59 Å². The quantitative estimate of drug-likeness (QED) is 0.444. The maximum Gasteiger partial charge on any atom is 0.244 e. The molecule has 0 aliphatic heterocycles. The number of sulfonamides is 1. The average Bonchev–Trinajstić information content (AvgIpc) is 2.71. The minimum Gasteiger partial charge on any atom is -0.495 e. The first-order valence-corrected chi connectivity index (χ1v) is 11.1. The van der Waals surface area contributed by atoms with Crippen molar-refractivity contribution in [3.8, 4) is 5.75 Å². The van der Waals surface area contributed by atoms with Gasteiger partial charge in [0.05, 0.1) is 7.11 Å². The lowest BCUT2D eigenvalue weighted by molar-refractivity contribution is -0.121. The number of rotatable bonds is 10. The number of Topliss-reactive ketones (excluding diaryl/α,β-unsaturated/α-hetero) is 1. The van der Waals surface area contributed by atoms with Gasteiger partial charge in [0.1, 0.15) is 10.6 Å². The first kappa shape index (κ1) is 23.6. The summed E-state index contributed by atoms with van der Waals surface area (Å²) in [6, 6.07) is 10.4. The van der Waals surface area contributed by atoms with Crippen LogP contribution in [0.15, 0.2) is 41.3 Å². The lowest BCUT2D eigenvalue weighted by atomic mass is 10.1. The van der Waals surface area contributed by atoms with Crippen molar-refractivity contribution in [2.75, 3.05) is 20.2 Å². The Morgan fingerprint density at radius 1 is 0.933 bits per heavy atom. The summed E-state index contributed by atoms with van der Waals surface area (Å²) in [5.41, 5.74) is 3.40. The van der Waals surface area contributed by atoms with Crippen LogP contribution < -0.4 is 14.8 Å². The van der Waals surface area contributed by atoms with Crippen LogP contribution in [0.1, 0.15) is 39.9 Å². The third-order valence-electron chi connectivity index (χ3n) is 4.76. The fraction of sp³-hybridized carbons (Fsp3) is 0.364. The molecule has 0 unspecified atom stereocenters. The molecule has 2 N–H and O–H groups in total. The molecule has 162 valence electrons. The van der Waals surface area contributed by atoms with Crippen molar-refractivity contribution in [1.82, 2.24) is 10.0 Å². The van der Waals surface area contributed by atoms with Crippen molar-refractivity contribution in [2.45, 2.75) is 38.5 Å². The van der Waals surface area contributed by atoms with Gasteiger partial charge in [0.25, 0.3) is 0 Å². The molecule has 2 rings (SSSR count). The molecular formula is C22H28N2O5S. The average molecular weight is 433 g/mol. The summed E-state index contributed by atoms with van der Waals surface area (Å²) in [7, 11) is -2.37. The second kappa shape index (κ2) is 10.4. The Morgan fingerprint density at radius 3 is 2.20 bits per heavy atom. The number of nitrogens with one attached hydrogen (secondary N) is 2. The predicted molar refractivity (Wildman–Crippen MR) is 115 cm³/mol. The van der Waals surface area contributed by atoms with Gasteiger partial charge in [-0.05, 0) is 44.0 Å². The van der Waals surface area contributed by atoms with Gasteiger partial charge >= 0.3 is 0 Å². The van der Waals surface area contributed by atoms with Crippen LogP contribution in [0.25, 0.3) is 0 Å². The SMILES string of the molecule is COc1cc(C)c(C)cc1S(=O)(=O)NCCNC(=O)CCC(=O)c1ccc(C)cc1. The number of ketones is 1. The number of amides is 1. The Labute approximate surface area is 177 Å². The van der Waals surface area contributed by atoms with Crippen molar-refractivity contribution >= 4 is 21.7 Å². The summed E-state index contributed by atoms with van der Waals surface area (Å²) in [5, 5.41) is 2.62. The number of methoxy groups -OCH3 is 1. The van der Waals surface area contributed by atoms with E-state index >= 15 is 0 Å². The highest BCUT2D eigenvalue weighted by Gasteiger charge is 2.20. The topological polar surface area (TPSA) is 102 Å². The minimum absolute atomic E-state index is 0.0239. The molecule has 0 aromatic heterocycles. The smallest absolute Gasteiger partial charge is 0.244 e. The summed E-state index contributed by atoms with van der Waals surface area (Å²) in [6.45, 7) is 5.78. The number of ether oxygens (including phenoxy) is 1. The Kier molecular flexibility index (Phi) is 8.14. The van der Waals surface area contributed by atoms with E-state index < -0.39 is 10.0 Å². The molecule has 0 spiro atoms. The molecule has 0 aliphatic carbocycles. The summed E-state index contributed by atoms with van der Waals surface area (Å²) in [6.07, 6.45) is 0.144. The molecule has 0 saturated heterocycles. The Morgan fingerprint density at radius 2 is 1.57 bits per heavy atom. The highest BCUT2D eigenvalue weighted by Crippen LogP contribution is 2.27. The zero-order chi connectivity index (χ0) is 22.3. The summed E-state index contributed by atoms with van der Waals surface area (Å²) >= 11 is 0. The van der Waals surface area contributed by atoms with E-state index in [2.05, 4.69) is 10.0 Å². The van der Waals surface area contributed by atoms with Crippen LogP contribution in [0, 0.1) is 20.8 Å². The van der Waals surface area contributed by atoms with Crippen LogP contribution in [0.5, 0.6) is 5.75 Å². The van der Waals surface area contributed by atoms with Crippen LogP contribution in [0.3, 0.4) is 0 Å². The minimum atomic E-state index is -3.79. The molecule has 0 heterocycles. The van der Waals surface area contributed by atoms with Gasteiger partial charge in [0, 0.05) is 31.5 Å². The van der Waals surface area contributed by atoms with E-state index in [1.165, 1.54) is 7.11 Å². The van der Waals surface area contributed by atoms with E-state index in [1.807, 2.05) is 32.9 Å². The van der Waals surface area contributed by atoms with Gasteiger partial charge in [-0.2, -0.15) is 0 Å². The fourth-order valence-electron chi connectivity index (χ4n) is 2.80. The summed E-state index contributed by atoms with van der Waals surface area (Å²) in [5.74, 6) is -0.143. The van der Waals surface area contributed by atoms with Crippen molar-refractivity contribution in [3.63, 3.8) is 0 Å². The van der Waals surface area contributed by atoms with Gasteiger partial charge < -0.3 is 10.1 Å². The Balaban J connectivity index is 1.81. The molecule has 2 aromatic carbocycles. The second-order valence-corrected chi connectivity index (χ2v) is 8.86. The standard InChI is InChI=1S/C22H28N2O5S/c1-15-5-7-18(8-6-15)19(25)9-10-22(26)23-11-12-24-30(27,28)21-14-17(3)16(2)13-20(21)29-4/h5-8,13-14,24H,9-12H2,1-4H3,(H,23,26). The Bertz CT molecular complexity index is 1010. The highest BCUT2D eigenvalue weighted by atomic mass is 32.2. The molecule has 2 aromatic rings. The normalized spacial score (nSPS) is 11.2. The first-order valence-electron chi connectivity index (χ1n) is 9.65. The molecule has 1 amide bonds. The number of carbonyl (C=O) groups is 2. The third kappa shape index (κ3) is 6.40. The molecule has 8 heteroatoms. The van der Waals surface area contributed by atoms with E-state index in [0.717, 1.165) is 16.7 Å². The zero-order valence-electron chi connectivity index (χ0n) is 17.7. The van der Waals surface area contributed by atoms with Gasteiger partial charge in [-0.25, -0.2) is 13.1 Å². The molecule has 0 bridgehead atoms. The second-order valence-electron chi connectivity index (χ2n) is 7.12. The predicted octanol–water partition coefficient (Wildman–Crippen LogP) is 2.68. The van der Waals surface area contributed by atoms with Crippen molar-refractivity contribution in [1.29, 1.82) is 0 Å². The molecular weight excluding hydrogens is 404 g/mol. The van der Waals surface area contributed by atoms with Crippen LogP contribution in [-0.2, 0) is 14.8 Å². The van der Waals surface area contributed by atoms with Crippen molar-refractivity contribution in [2.24, 2.45) is 0 Å². The van der Waals surface area contributed by atoms with Crippen molar-refractivity contribution in [3.05, 3.63) is 58.7 Å². The molecule has 0 radical (unpaired) electrons. The van der Waals surface area contributed by atoms with E-state index in [1.54, 1.807) is 24.3 Å². The molecule has 7 nitrogen and oxygen atoms in total. The first-order chi connectivity index (χ1) is 14.1. The molecule has 0 fully saturated rings. The van der Waals surface area contributed by atoms with Crippen LogP contribution >= 0.6 is 0 Å². The Hall–Kier alpha value is -2.71. The summed E-state index contributed by atoms with van der Waals surface area (Å²) in [4.78, 5) is 24.1. The largest absolute Gasteiger partial charge is 0.495 e. The van der Waals surface area contributed by atoms with E-state index in [0.29, 0.717) is 5.56 Å². The lowest BCUT2D eigenvalue weighted by Gasteiger charge is -2.13. The van der Waals surface area contributed by atoms with Gasteiger partial charge in [0.15, 0.2) is 5.78 Å². The maximum atomic E-state index is 12.6. The van der Waals surface area contributed by atoms with Gasteiger partial charge in [0.2, 0.25) is 15.9 Å². The third-order valence-corrected chi connectivity index (χ3v) is 6.24. The molecule has 30 heavy (non-hydrogen) atoms. The number of hydrogen-bond acceptors (Lipinski definition) is 5. The van der Waals surface area contributed by atoms with E-state index in [-0.39, 0.29) is 48.3 Å². The monoisotopic (exact) mass is 432 g/mol.